The lowest BCUT2D eigenvalue weighted by atomic mass is 10.0. The Kier molecular flexibility index (Phi) is 8.87. The van der Waals surface area contributed by atoms with Gasteiger partial charge in [0.2, 0.25) is 11.8 Å². The Balaban J connectivity index is 2.10. The number of carbonyl (C=O) groups excluding carboxylic acids is 4. The van der Waals surface area contributed by atoms with Crippen LogP contribution in [0.15, 0.2) is 54.9 Å². The Morgan fingerprint density at radius 2 is 1.65 bits per heavy atom. The lowest BCUT2D eigenvalue weighted by Gasteiger charge is -2.23. The third kappa shape index (κ3) is 7.33. The van der Waals surface area contributed by atoms with Gasteiger partial charge in [-0.05, 0) is 30.5 Å². The van der Waals surface area contributed by atoms with E-state index in [0.717, 1.165) is 5.56 Å². The fourth-order valence-corrected chi connectivity index (χ4v) is 2.82. The smallest absolute Gasteiger partial charge is 0.253 e. The highest BCUT2D eigenvalue weighted by molar-refractivity contribution is 5.98. The zero-order valence-corrected chi connectivity index (χ0v) is 17.9. The van der Waals surface area contributed by atoms with Gasteiger partial charge < -0.3 is 20.7 Å². The summed E-state index contributed by atoms with van der Waals surface area (Å²) in [5.41, 5.74) is 1.18. The van der Waals surface area contributed by atoms with Crippen molar-refractivity contribution in [1.82, 2.24) is 20.9 Å². The van der Waals surface area contributed by atoms with Gasteiger partial charge in [-0.2, -0.15) is 0 Å². The fraction of sp³-hybridized carbons (Fsp3) is 0.348. The first-order valence-corrected chi connectivity index (χ1v) is 10.1. The number of benzene rings is 1. The molecule has 1 aromatic heterocycles. The first-order chi connectivity index (χ1) is 14.8. The lowest BCUT2D eigenvalue weighted by Crippen LogP contribution is -2.55. The van der Waals surface area contributed by atoms with Crippen LogP contribution >= 0.6 is 0 Å². The maximum atomic E-state index is 12.9. The highest BCUT2D eigenvalue weighted by Crippen LogP contribution is 2.06. The van der Waals surface area contributed by atoms with Gasteiger partial charge in [-0.15, -0.1) is 0 Å². The molecule has 164 valence electrons. The largest absolute Gasteiger partial charge is 0.345 e. The molecule has 8 heteroatoms. The monoisotopic (exact) mass is 424 g/mol. The SMILES string of the molecule is CC(NC(=O)C(Cc1ccccc1)NC(=O)c1cccnc1)C(=O)NC(C=O)C(C)C. The molecule has 0 spiro atoms. The van der Waals surface area contributed by atoms with Crippen LogP contribution < -0.4 is 16.0 Å². The molecule has 0 aliphatic carbocycles. The number of hydrogen-bond acceptors (Lipinski definition) is 5. The van der Waals surface area contributed by atoms with Crippen molar-refractivity contribution >= 4 is 24.0 Å². The van der Waals surface area contributed by atoms with E-state index in [1.165, 1.54) is 13.1 Å². The van der Waals surface area contributed by atoms with Gasteiger partial charge in [-0.3, -0.25) is 19.4 Å². The Hall–Kier alpha value is -3.55. The zero-order valence-electron chi connectivity index (χ0n) is 17.9. The standard InChI is InChI=1S/C23H28N4O4/c1-15(2)20(14-28)27-21(29)16(3)25-23(31)19(12-17-8-5-4-6-9-17)26-22(30)18-10-7-11-24-13-18/h4-11,13-16,19-20H,12H2,1-3H3,(H,25,31)(H,26,30)(H,27,29). The van der Waals surface area contributed by atoms with Crippen LogP contribution in [0.1, 0.15) is 36.7 Å². The Morgan fingerprint density at radius 1 is 0.935 bits per heavy atom. The first kappa shape index (κ1) is 23.7. The van der Waals surface area contributed by atoms with Gasteiger partial charge in [0.15, 0.2) is 0 Å². The number of pyridine rings is 1. The van der Waals surface area contributed by atoms with Crippen LogP contribution in [0.2, 0.25) is 0 Å². The van der Waals surface area contributed by atoms with E-state index < -0.39 is 35.8 Å². The Labute approximate surface area is 181 Å². The summed E-state index contributed by atoms with van der Waals surface area (Å²) in [6.07, 6.45) is 3.88. The summed E-state index contributed by atoms with van der Waals surface area (Å²) in [6, 6.07) is 10.0. The fourth-order valence-electron chi connectivity index (χ4n) is 2.82. The number of carbonyl (C=O) groups is 4. The normalized spacial score (nSPS) is 13.5. The van der Waals surface area contributed by atoms with E-state index in [1.807, 2.05) is 44.2 Å². The predicted octanol–water partition coefficient (Wildman–Crippen LogP) is 1.27. The maximum Gasteiger partial charge on any atom is 0.253 e. The summed E-state index contributed by atoms with van der Waals surface area (Å²) >= 11 is 0. The molecule has 2 aromatic rings. The van der Waals surface area contributed by atoms with Gasteiger partial charge in [-0.1, -0.05) is 44.2 Å². The molecule has 0 radical (unpaired) electrons. The van der Waals surface area contributed by atoms with Crippen molar-refractivity contribution in [2.75, 3.05) is 0 Å². The number of nitrogens with one attached hydrogen (secondary N) is 3. The van der Waals surface area contributed by atoms with E-state index in [4.69, 9.17) is 0 Å². The number of aromatic nitrogens is 1. The summed E-state index contributed by atoms with van der Waals surface area (Å²) in [7, 11) is 0. The van der Waals surface area contributed by atoms with Gasteiger partial charge >= 0.3 is 0 Å². The Morgan fingerprint density at radius 3 is 2.23 bits per heavy atom. The number of hydrogen-bond donors (Lipinski definition) is 3. The average molecular weight is 425 g/mol. The molecule has 1 heterocycles. The van der Waals surface area contributed by atoms with Crippen LogP contribution in [0.25, 0.3) is 0 Å². The third-order valence-corrected chi connectivity index (χ3v) is 4.75. The summed E-state index contributed by atoms with van der Waals surface area (Å²) in [5.74, 6) is -1.50. The van der Waals surface area contributed by atoms with Crippen molar-refractivity contribution < 1.29 is 19.2 Å². The molecule has 3 N–H and O–H groups in total. The molecule has 0 saturated carbocycles. The number of rotatable bonds is 10. The van der Waals surface area contributed by atoms with E-state index in [1.54, 1.807) is 18.3 Å². The van der Waals surface area contributed by atoms with Gasteiger partial charge in [-0.25, -0.2) is 0 Å². The minimum atomic E-state index is -0.905. The van der Waals surface area contributed by atoms with Gasteiger partial charge in [0.25, 0.3) is 5.91 Å². The number of aldehydes is 1. The lowest BCUT2D eigenvalue weighted by molar-refractivity contribution is -0.130. The van der Waals surface area contributed by atoms with Crippen LogP contribution in [0.3, 0.4) is 0 Å². The van der Waals surface area contributed by atoms with Crippen LogP contribution in [0.5, 0.6) is 0 Å². The molecule has 2 rings (SSSR count). The van der Waals surface area contributed by atoms with Crippen LogP contribution in [-0.2, 0) is 20.8 Å². The van der Waals surface area contributed by atoms with Crippen LogP contribution in [-0.4, -0.2) is 47.1 Å². The molecule has 3 amide bonds. The quantitative estimate of drug-likeness (QED) is 0.497. The molecule has 3 atom stereocenters. The molecule has 1 aromatic carbocycles. The highest BCUT2D eigenvalue weighted by Gasteiger charge is 2.26. The highest BCUT2D eigenvalue weighted by atomic mass is 16.2. The van der Waals surface area contributed by atoms with Crippen LogP contribution in [0, 0.1) is 5.92 Å². The second kappa shape index (κ2) is 11.6. The molecule has 0 aliphatic heterocycles. The maximum absolute atomic E-state index is 12.9. The summed E-state index contributed by atoms with van der Waals surface area (Å²) in [5, 5.41) is 7.95. The molecular weight excluding hydrogens is 396 g/mol. The molecule has 0 aliphatic rings. The van der Waals surface area contributed by atoms with Gasteiger partial charge in [0.1, 0.15) is 18.4 Å². The predicted molar refractivity (Wildman–Crippen MR) is 116 cm³/mol. The summed E-state index contributed by atoms with van der Waals surface area (Å²) < 4.78 is 0. The summed E-state index contributed by atoms with van der Waals surface area (Å²) in [6.45, 7) is 5.15. The molecule has 0 fully saturated rings. The van der Waals surface area contributed by atoms with E-state index >= 15 is 0 Å². The zero-order chi connectivity index (χ0) is 22.8. The minimum Gasteiger partial charge on any atom is -0.345 e. The number of nitrogens with zero attached hydrogens (tertiary/aromatic N) is 1. The number of amides is 3. The minimum absolute atomic E-state index is 0.0750. The van der Waals surface area contributed by atoms with E-state index in [9.17, 15) is 19.2 Å². The van der Waals surface area contributed by atoms with Gasteiger partial charge in [0, 0.05) is 18.8 Å². The average Bonchev–Trinajstić information content (AvgIpc) is 2.77. The molecule has 0 bridgehead atoms. The third-order valence-electron chi connectivity index (χ3n) is 4.75. The molecular formula is C23H28N4O4. The molecule has 3 unspecified atom stereocenters. The van der Waals surface area contributed by atoms with E-state index in [-0.39, 0.29) is 12.3 Å². The Bertz CT molecular complexity index is 887. The van der Waals surface area contributed by atoms with Crippen molar-refractivity contribution in [1.29, 1.82) is 0 Å². The molecule has 8 nitrogen and oxygen atoms in total. The topological polar surface area (TPSA) is 117 Å². The summed E-state index contributed by atoms with van der Waals surface area (Å²) in [4.78, 5) is 53.0. The van der Waals surface area contributed by atoms with Crippen molar-refractivity contribution in [3.05, 3.63) is 66.0 Å². The second-order valence-electron chi connectivity index (χ2n) is 7.60. The van der Waals surface area contributed by atoms with Gasteiger partial charge in [0.05, 0.1) is 11.6 Å². The van der Waals surface area contributed by atoms with Crippen molar-refractivity contribution in [2.24, 2.45) is 5.92 Å². The molecule has 31 heavy (non-hydrogen) atoms. The van der Waals surface area contributed by atoms with Crippen molar-refractivity contribution in [3.63, 3.8) is 0 Å². The van der Waals surface area contributed by atoms with E-state index in [0.29, 0.717) is 11.8 Å². The second-order valence-corrected chi connectivity index (χ2v) is 7.60. The van der Waals surface area contributed by atoms with Crippen molar-refractivity contribution in [2.45, 2.75) is 45.3 Å². The van der Waals surface area contributed by atoms with Crippen molar-refractivity contribution in [3.8, 4) is 0 Å². The van der Waals surface area contributed by atoms with Crippen LogP contribution in [0.4, 0.5) is 0 Å². The molecule has 0 saturated heterocycles. The van der Waals surface area contributed by atoms with E-state index in [2.05, 4.69) is 20.9 Å². The first-order valence-electron chi connectivity index (χ1n) is 10.1.